The smallest absolute Gasteiger partial charge is 0.416 e. The van der Waals surface area contributed by atoms with Crippen LogP contribution in [0.3, 0.4) is 0 Å². The minimum absolute atomic E-state index is 0.170. The van der Waals surface area contributed by atoms with Crippen molar-refractivity contribution < 1.29 is 27.1 Å². The number of carbonyl (C=O) groups excluding carboxylic acids is 1. The Morgan fingerprint density at radius 3 is 2.39 bits per heavy atom. The number of aromatic nitrogens is 6. The average molecular weight is 667 g/mol. The summed E-state index contributed by atoms with van der Waals surface area (Å²) in [6.45, 7) is 0. The number of nitrogens with one attached hydrogen (secondary N) is 1. The van der Waals surface area contributed by atoms with E-state index in [1.165, 1.54) is 24.3 Å². The van der Waals surface area contributed by atoms with E-state index in [2.05, 4.69) is 20.4 Å². The van der Waals surface area contributed by atoms with Crippen LogP contribution in [0.2, 0.25) is 0 Å². The Morgan fingerprint density at radius 2 is 1.71 bits per heavy atom. The lowest BCUT2D eigenvalue weighted by atomic mass is 10.0. The first kappa shape index (κ1) is 31.0. The molecule has 3 N–H and O–H groups in total. The molecule has 15 heteroatoms. The molecule has 0 radical (unpaired) electrons. The van der Waals surface area contributed by atoms with Gasteiger partial charge in [0.15, 0.2) is 0 Å². The van der Waals surface area contributed by atoms with Crippen LogP contribution in [0, 0.1) is 0 Å². The van der Waals surface area contributed by atoms with E-state index in [1.807, 2.05) is 24.4 Å². The first-order valence-electron chi connectivity index (χ1n) is 14.6. The molecule has 7 rings (SSSR count). The Bertz CT molecular complexity index is 2410. The van der Waals surface area contributed by atoms with Gasteiger partial charge in [-0.15, -0.1) is 0 Å². The third kappa shape index (κ3) is 5.88. The first-order valence-corrected chi connectivity index (χ1v) is 14.6. The molecule has 12 nitrogen and oxygen atoms in total. The lowest BCUT2D eigenvalue weighted by molar-refractivity contribution is -0.137. The molecule has 0 aliphatic heterocycles. The quantitative estimate of drug-likeness (QED) is 0.185. The molecule has 4 aromatic heterocycles. The summed E-state index contributed by atoms with van der Waals surface area (Å²) in [5, 5.41) is 7.45. The molecule has 0 aliphatic rings. The van der Waals surface area contributed by atoms with Gasteiger partial charge in [0.1, 0.15) is 28.8 Å². The number of hydrogen-bond acceptors (Lipinski definition) is 8. The summed E-state index contributed by atoms with van der Waals surface area (Å²) >= 11 is 0. The van der Waals surface area contributed by atoms with E-state index in [-0.39, 0.29) is 22.8 Å². The number of amides is 1. The Balaban J connectivity index is 1.15. The maximum absolute atomic E-state index is 13.1. The molecule has 7 aromatic rings. The SMILES string of the molecule is Cn1cc(-c2oc3ncnc(Oc4ccc(NC(=O)c5cn(C)n(-c6ccc(C(F)(F)F)cc6)c5=O)cc4)c3c2-c2cccc(N)c2)cn1. The van der Waals surface area contributed by atoms with Crippen molar-refractivity contribution in [3.05, 3.63) is 119 Å². The third-order valence-corrected chi connectivity index (χ3v) is 7.66. The molecule has 0 fully saturated rings. The Kier molecular flexibility index (Phi) is 7.50. The number of anilines is 2. The number of nitrogens with zero attached hydrogens (tertiary/aromatic N) is 6. The second-order valence-corrected chi connectivity index (χ2v) is 11.1. The fourth-order valence-corrected chi connectivity index (χ4v) is 5.42. The van der Waals surface area contributed by atoms with Gasteiger partial charge in [0.05, 0.1) is 23.0 Å². The number of nitrogen functional groups attached to an aromatic ring is 1. The van der Waals surface area contributed by atoms with Gasteiger partial charge in [-0.1, -0.05) is 12.1 Å². The highest BCUT2D eigenvalue weighted by Crippen LogP contribution is 2.44. The van der Waals surface area contributed by atoms with E-state index in [1.54, 1.807) is 48.3 Å². The van der Waals surface area contributed by atoms with Crippen LogP contribution in [-0.4, -0.2) is 35.0 Å². The van der Waals surface area contributed by atoms with Crippen molar-refractivity contribution in [1.82, 2.24) is 29.1 Å². The molecule has 1 amide bonds. The number of furan rings is 1. The number of carbonyl (C=O) groups is 1. The molecule has 3 aromatic carbocycles. The molecular formula is C34H25F3N8O4. The highest BCUT2D eigenvalue weighted by Gasteiger charge is 2.30. The molecule has 0 saturated carbocycles. The van der Waals surface area contributed by atoms with Crippen LogP contribution in [0.15, 0.2) is 107 Å². The zero-order valence-electron chi connectivity index (χ0n) is 25.8. The number of fused-ring (bicyclic) bond motifs is 1. The summed E-state index contributed by atoms with van der Waals surface area (Å²) in [6, 6.07) is 17.7. The zero-order chi connectivity index (χ0) is 34.4. The van der Waals surface area contributed by atoms with Crippen LogP contribution < -0.4 is 21.3 Å². The summed E-state index contributed by atoms with van der Waals surface area (Å²) in [4.78, 5) is 34.9. The normalized spacial score (nSPS) is 11.6. The van der Waals surface area contributed by atoms with Crippen molar-refractivity contribution in [3.63, 3.8) is 0 Å². The number of ether oxygens (including phenoxy) is 1. The van der Waals surface area contributed by atoms with Crippen LogP contribution in [0.25, 0.3) is 39.2 Å². The van der Waals surface area contributed by atoms with Gasteiger partial charge >= 0.3 is 6.18 Å². The number of aryl methyl sites for hydroxylation is 2. The molecule has 49 heavy (non-hydrogen) atoms. The second kappa shape index (κ2) is 11.9. The van der Waals surface area contributed by atoms with E-state index in [0.29, 0.717) is 39.4 Å². The molecular weight excluding hydrogens is 641 g/mol. The van der Waals surface area contributed by atoms with Crippen molar-refractivity contribution >= 4 is 28.4 Å². The number of alkyl halides is 3. The van der Waals surface area contributed by atoms with Crippen LogP contribution >= 0.6 is 0 Å². The monoisotopic (exact) mass is 666 g/mol. The average Bonchev–Trinajstić information content (AvgIpc) is 3.76. The van der Waals surface area contributed by atoms with Crippen molar-refractivity contribution in [2.75, 3.05) is 11.1 Å². The van der Waals surface area contributed by atoms with E-state index in [4.69, 9.17) is 14.9 Å². The summed E-state index contributed by atoms with van der Waals surface area (Å²) in [5.74, 6) is 0.400. The first-order chi connectivity index (χ1) is 23.5. The standard InChI is InChI=1S/C34H25F3N8O4/c1-43-16-20(15-41-43)29-27(19-4-3-5-22(38)14-19)28-31(39-18-40-32(28)49-29)48-25-12-8-23(9-13-25)42-30(46)26-17-44(2)45(33(26)47)24-10-6-21(7-11-24)34(35,36)37/h3-18H,38H2,1-2H3,(H,42,46). The predicted molar refractivity (Wildman–Crippen MR) is 174 cm³/mol. The van der Waals surface area contributed by atoms with Gasteiger partial charge in [0.25, 0.3) is 11.5 Å². The van der Waals surface area contributed by atoms with Crippen LogP contribution in [-0.2, 0) is 20.3 Å². The number of halogens is 3. The minimum atomic E-state index is -4.52. The Labute approximate surface area is 274 Å². The van der Waals surface area contributed by atoms with E-state index in [9.17, 15) is 22.8 Å². The Hall–Kier alpha value is -6.64. The lowest BCUT2D eigenvalue weighted by Gasteiger charge is -2.09. The third-order valence-electron chi connectivity index (χ3n) is 7.66. The summed E-state index contributed by atoms with van der Waals surface area (Å²) < 4.78 is 55.5. The fourth-order valence-electron chi connectivity index (χ4n) is 5.42. The van der Waals surface area contributed by atoms with Gasteiger partial charge in [0, 0.05) is 43.4 Å². The number of rotatable bonds is 7. The van der Waals surface area contributed by atoms with Crippen molar-refractivity contribution in [3.8, 4) is 39.8 Å². The highest BCUT2D eigenvalue weighted by molar-refractivity contribution is 6.04. The molecule has 0 atom stereocenters. The number of benzene rings is 3. The van der Waals surface area contributed by atoms with Crippen molar-refractivity contribution in [1.29, 1.82) is 0 Å². The maximum Gasteiger partial charge on any atom is 0.416 e. The van der Waals surface area contributed by atoms with Crippen LogP contribution in [0.5, 0.6) is 11.6 Å². The highest BCUT2D eigenvalue weighted by atomic mass is 19.4. The molecule has 246 valence electrons. The fraction of sp³-hybridized carbons (Fsp3) is 0.0882. The van der Waals surface area contributed by atoms with E-state index >= 15 is 0 Å². The van der Waals surface area contributed by atoms with Crippen molar-refractivity contribution in [2.24, 2.45) is 14.1 Å². The van der Waals surface area contributed by atoms with Gasteiger partial charge in [-0.25, -0.2) is 14.6 Å². The largest absolute Gasteiger partial charge is 0.438 e. The van der Waals surface area contributed by atoms with Crippen molar-refractivity contribution in [2.45, 2.75) is 6.18 Å². The van der Waals surface area contributed by atoms with Gasteiger partial charge in [-0.2, -0.15) is 18.3 Å². The summed E-state index contributed by atoms with van der Waals surface area (Å²) in [6.07, 6.45) is 1.59. The van der Waals surface area contributed by atoms with Gasteiger partial charge < -0.3 is 20.2 Å². The van der Waals surface area contributed by atoms with Gasteiger partial charge in [-0.3, -0.25) is 19.0 Å². The molecule has 0 saturated heterocycles. The molecule has 4 heterocycles. The molecule has 0 unspecified atom stereocenters. The second-order valence-electron chi connectivity index (χ2n) is 11.1. The number of hydrogen-bond donors (Lipinski definition) is 2. The zero-order valence-corrected chi connectivity index (χ0v) is 25.8. The van der Waals surface area contributed by atoms with Crippen LogP contribution in [0.4, 0.5) is 24.5 Å². The summed E-state index contributed by atoms with van der Waals surface area (Å²) in [5.41, 5.74) is 7.87. The molecule has 0 aliphatic carbocycles. The van der Waals surface area contributed by atoms with Crippen LogP contribution in [0.1, 0.15) is 15.9 Å². The maximum atomic E-state index is 13.1. The van der Waals surface area contributed by atoms with E-state index in [0.717, 1.165) is 34.5 Å². The lowest BCUT2D eigenvalue weighted by Crippen LogP contribution is -2.25. The topological polar surface area (TPSA) is 148 Å². The molecule has 0 bridgehead atoms. The Morgan fingerprint density at radius 1 is 0.959 bits per heavy atom. The van der Waals surface area contributed by atoms with Gasteiger partial charge in [-0.05, 0) is 66.2 Å². The summed E-state index contributed by atoms with van der Waals surface area (Å²) in [7, 11) is 3.30. The van der Waals surface area contributed by atoms with Gasteiger partial charge in [0.2, 0.25) is 11.6 Å². The predicted octanol–water partition coefficient (Wildman–Crippen LogP) is 6.43. The molecule has 0 spiro atoms. The number of nitrogens with two attached hydrogens (primary N) is 1. The van der Waals surface area contributed by atoms with E-state index < -0.39 is 23.2 Å². The minimum Gasteiger partial charge on any atom is -0.438 e.